The first-order chi connectivity index (χ1) is 10.7. The smallest absolute Gasteiger partial charge is 0.124 e. The fourth-order valence-electron chi connectivity index (χ4n) is 1.81. The summed E-state index contributed by atoms with van der Waals surface area (Å²) in [7, 11) is 3.20. The summed E-state index contributed by atoms with van der Waals surface area (Å²) < 4.78 is 15.7. The van der Waals surface area contributed by atoms with E-state index in [0.29, 0.717) is 24.5 Å². The molecule has 0 spiro atoms. The molecule has 2 aromatic rings. The molecule has 0 unspecified atom stereocenters. The maximum atomic E-state index is 9.72. The van der Waals surface area contributed by atoms with Crippen molar-refractivity contribution in [2.24, 2.45) is 4.99 Å². The molecule has 1 N–H and O–H groups in total. The molecule has 0 amide bonds. The van der Waals surface area contributed by atoms with E-state index in [0.717, 1.165) is 11.5 Å². The van der Waals surface area contributed by atoms with E-state index in [1.807, 2.05) is 24.3 Å². The molecule has 116 valence electrons. The van der Waals surface area contributed by atoms with Crippen LogP contribution in [0.2, 0.25) is 0 Å². The number of aromatic hydroxyl groups is 1. The maximum Gasteiger partial charge on any atom is 0.124 e. The van der Waals surface area contributed by atoms with Crippen LogP contribution in [0.3, 0.4) is 0 Å². The number of phenols is 1. The molecule has 0 radical (unpaired) electrons. The Hall–Kier alpha value is -2.69. The zero-order valence-corrected chi connectivity index (χ0v) is 12.7. The van der Waals surface area contributed by atoms with Crippen molar-refractivity contribution in [2.45, 2.75) is 0 Å². The highest BCUT2D eigenvalue weighted by atomic mass is 16.5. The van der Waals surface area contributed by atoms with Gasteiger partial charge in [-0.1, -0.05) is 0 Å². The van der Waals surface area contributed by atoms with E-state index in [-0.39, 0.29) is 5.75 Å². The van der Waals surface area contributed by atoms with E-state index in [9.17, 15) is 5.11 Å². The van der Waals surface area contributed by atoms with Crippen LogP contribution in [0.4, 0.5) is 0 Å². The summed E-state index contributed by atoms with van der Waals surface area (Å²) in [5.74, 6) is 2.40. The van der Waals surface area contributed by atoms with Gasteiger partial charge in [0.15, 0.2) is 0 Å². The average molecular weight is 301 g/mol. The molecular weight excluding hydrogens is 282 g/mol. The zero-order valence-electron chi connectivity index (χ0n) is 12.7. The fraction of sp³-hybridized carbons (Fsp3) is 0.235. The van der Waals surface area contributed by atoms with E-state index in [1.165, 1.54) is 0 Å². The third kappa shape index (κ3) is 4.41. The van der Waals surface area contributed by atoms with Gasteiger partial charge in [-0.2, -0.15) is 0 Å². The molecule has 0 fully saturated rings. The summed E-state index contributed by atoms with van der Waals surface area (Å²) >= 11 is 0. The maximum absolute atomic E-state index is 9.72. The lowest BCUT2D eigenvalue weighted by atomic mass is 10.2. The first-order valence-corrected chi connectivity index (χ1v) is 6.86. The molecule has 0 atom stereocenters. The van der Waals surface area contributed by atoms with Crippen molar-refractivity contribution in [2.75, 3.05) is 27.4 Å². The Morgan fingerprint density at radius 1 is 0.955 bits per heavy atom. The average Bonchev–Trinajstić information content (AvgIpc) is 2.56. The minimum absolute atomic E-state index is 0.167. The van der Waals surface area contributed by atoms with Gasteiger partial charge in [-0.25, -0.2) is 0 Å². The van der Waals surface area contributed by atoms with Crippen LogP contribution in [0.1, 0.15) is 5.56 Å². The van der Waals surface area contributed by atoms with Crippen molar-refractivity contribution in [3.63, 3.8) is 0 Å². The van der Waals surface area contributed by atoms with Crippen LogP contribution in [0, 0.1) is 0 Å². The van der Waals surface area contributed by atoms with Gasteiger partial charge in [0.2, 0.25) is 0 Å². The monoisotopic (exact) mass is 301 g/mol. The molecule has 0 aromatic heterocycles. The van der Waals surface area contributed by atoms with Gasteiger partial charge in [0.1, 0.15) is 29.6 Å². The van der Waals surface area contributed by atoms with Crippen LogP contribution < -0.4 is 14.2 Å². The third-order valence-electron chi connectivity index (χ3n) is 3.01. The molecule has 0 bridgehead atoms. The highest BCUT2D eigenvalue weighted by Gasteiger charge is 2.00. The molecule has 5 heteroatoms. The van der Waals surface area contributed by atoms with Gasteiger partial charge in [0, 0.05) is 11.8 Å². The Morgan fingerprint density at radius 2 is 1.59 bits per heavy atom. The van der Waals surface area contributed by atoms with Crippen LogP contribution in [0.15, 0.2) is 47.5 Å². The molecule has 0 aliphatic heterocycles. The topological polar surface area (TPSA) is 60.3 Å². The van der Waals surface area contributed by atoms with Crippen LogP contribution in [0.25, 0.3) is 0 Å². The second-order valence-corrected chi connectivity index (χ2v) is 4.48. The Morgan fingerprint density at radius 3 is 2.27 bits per heavy atom. The Kier molecular flexibility index (Phi) is 5.65. The van der Waals surface area contributed by atoms with Crippen molar-refractivity contribution < 1.29 is 19.3 Å². The number of phenolic OH excluding ortho intramolecular Hbond substituents is 1. The van der Waals surface area contributed by atoms with E-state index in [4.69, 9.17) is 14.2 Å². The number of aliphatic imine (C=N–C) groups is 1. The predicted molar refractivity (Wildman–Crippen MR) is 85.6 cm³/mol. The van der Waals surface area contributed by atoms with Crippen molar-refractivity contribution in [1.29, 1.82) is 0 Å². The van der Waals surface area contributed by atoms with Crippen molar-refractivity contribution >= 4 is 6.21 Å². The van der Waals surface area contributed by atoms with Gasteiger partial charge in [-0.15, -0.1) is 0 Å². The van der Waals surface area contributed by atoms with Crippen molar-refractivity contribution in [3.8, 4) is 23.0 Å². The van der Waals surface area contributed by atoms with Crippen LogP contribution >= 0.6 is 0 Å². The number of ether oxygens (including phenoxy) is 3. The first kappa shape index (κ1) is 15.7. The second kappa shape index (κ2) is 7.93. The van der Waals surface area contributed by atoms with Gasteiger partial charge < -0.3 is 19.3 Å². The molecule has 22 heavy (non-hydrogen) atoms. The Labute approximate surface area is 129 Å². The van der Waals surface area contributed by atoms with E-state index in [1.54, 1.807) is 38.6 Å². The number of methoxy groups -OCH3 is 2. The van der Waals surface area contributed by atoms with Crippen molar-refractivity contribution in [3.05, 3.63) is 48.0 Å². The van der Waals surface area contributed by atoms with Gasteiger partial charge in [0.05, 0.1) is 20.8 Å². The number of hydrogen-bond donors (Lipinski definition) is 1. The summed E-state index contributed by atoms with van der Waals surface area (Å²) in [6, 6.07) is 12.4. The zero-order chi connectivity index (χ0) is 15.8. The van der Waals surface area contributed by atoms with Crippen LogP contribution in [-0.4, -0.2) is 38.7 Å². The summed E-state index contributed by atoms with van der Waals surface area (Å²) in [6.07, 6.45) is 1.61. The molecule has 0 aliphatic carbocycles. The highest BCUT2D eigenvalue weighted by Crippen LogP contribution is 2.21. The van der Waals surface area contributed by atoms with Gasteiger partial charge in [-0.05, 0) is 42.5 Å². The molecule has 2 aromatic carbocycles. The number of rotatable bonds is 7. The Balaban J connectivity index is 1.82. The quantitative estimate of drug-likeness (QED) is 0.631. The largest absolute Gasteiger partial charge is 0.507 e. The van der Waals surface area contributed by atoms with Gasteiger partial charge >= 0.3 is 0 Å². The second-order valence-electron chi connectivity index (χ2n) is 4.48. The SMILES string of the molecule is COc1ccc(OCCN=Cc2cc(OC)ccc2O)cc1. The van der Waals surface area contributed by atoms with Gasteiger partial charge in [-0.3, -0.25) is 4.99 Å². The molecule has 0 saturated carbocycles. The summed E-state index contributed by atoms with van der Waals surface area (Å²) in [5, 5.41) is 9.72. The van der Waals surface area contributed by atoms with E-state index < -0.39 is 0 Å². The highest BCUT2D eigenvalue weighted by molar-refractivity contribution is 5.84. The molecule has 5 nitrogen and oxygen atoms in total. The molecule has 2 rings (SSSR count). The summed E-state index contributed by atoms with van der Waals surface area (Å²) in [5.41, 5.74) is 0.615. The summed E-state index contributed by atoms with van der Waals surface area (Å²) in [6.45, 7) is 0.941. The molecular formula is C17H19NO4. The van der Waals surface area contributed by atoms with E-state index in [2.05, 4.69) is 4.99 Å². The number of benzene rings is 2. The molecule has 0 aliphatic rings. The lowest BCUT2D eigenvalue weighted by Crippen LogP contribution is -2.01. The van der Waals surface area contributed by atoms with Gasteiger partial charge in [0.25, 0.3) is 0 Å². The Bertz CT molecular complexity index is 623. The number of nitrogens with zero attached hydrogens (tertiary/aromatic N) is 1. The normalized spacial score (nSPS) is 10.6. The van der Waals surface area contributed by atoms with E-state index >= 15 is 0 Å². The minimum Gasteiger partial charge on any atom is -0.507 e. The first-order valence-electron chi connectivity index (χ1n) is 6.86. The summed E-state index contributed by atoms with van der Waals surface area (Å²) in [4.78, 5) is 4.24. The number of hydrogen-bond acceptors (Lipinski definition) is 5. The minimum atomic E-state index is 0.167. The lowest BCUT2D eigenvalue weighted by molar-refractivity contribution is 0.328. The van der Waals surface area contributed by atoms with Crippen molar-refractivity contribution in [1.82, 2.24) is 0 Å². The molecule has 0 heterocycles. The van der Waals surface area contributed by atoms with Crippen LogP contribution in [-0.2, 0) is 0 Å². The lowest BCUT2D eigenvalue weighted by Gasteiger charge is -2.05. The fourth-order valence-corrected chi connectivity index (χ4v) is 1.81. The standard InChI is InChI=1S/C17H19NO4/c1-20-14-3-5-15(6-4-14)22-10-9-18-12-13-11-16(21-2)7-8-17(13)19/h3-8,11-12,19H,9-10H2,1-2H3. The predicted octanol–water partition coefficient (Wildman–Crippen LogP) is 2.91. The van der Waals surface area contributed by atoms with Crippen LogP contribution in [0.5, 0.6) is 23.0 Å². The molecule has 0 saturated heterocycles. The third-order valence-corrected chi connectivity index (χ3v) is 3.01.